The first-order valence-electron chi connectivity index (χ1n) is 7.13. The van der Waals surface area contributed by atoms with E-state index in [1.807, 2.05) is 0 Å². The number of sulfonamides is 1. The predicted octanol–water partition coefficient (Wildman–Crippen LogP) is 0.700. The molecule has 27 heavy (non-hydrogen) atoms. The van der Waals surface area contributed by atoms with Crippen LogP contribution in [0.4, 0.5) is 10.7 Å². The molecule has 0 atom stereocenters. The smallest absolute Gasteiger partial charge is 0.335 e. The Hall–Kier alpha value is -3.19. The monoisotopic (exact) mass is 413 g/mol. The molecule has 0 unspecified atom stereocenters. The molecule has 0 aromatic carbocycles. The summed E-state index contributed by atoms with van der Waals surface area (Å²) in [6, 6.07) is 1.74. The van der Waals surface area contributed by atoms with Crippen LogP contribution in [0.3, 0.4) is 0 Å². The molecule has 3 heterocycles. The second kappa shape index (κ2) is 7.20. The number of fused-ring (bicyclic) bond motifs is 1. The molecular weight excluding hydrogens is 402 g/mol. The van der Waals surface area contributed by atoms with Crippen molar-refractivity contribution >= 4 is 39.4 Å². The number of urea groups is 1. The third kappa shape index (κ3) is 3.83. The second-order valence-electron chi connectivity index (χ2n) is 4.83. The molecule has 3 rings (SSSR count). The van der Waals surface area contributed by atoms with Gasteiger partial charge in [0.2, 0.25) is 28.5 Å². The van der Waals surface area contributed by atoms with Gasteiger partial charge in [0.25, 0.3) is 10.0 Å². The van der Waals surface area contributed by atoms with E-state index in [1.165, 1.54) is 38.7 Å². The van der Waals surface area contributed by atoms with E-state index < -0.39 is 21.1 Å². The molecule has 2 amide bonds. The fraction of sp³-hybridized carbons (Fsp3) is 0.154. The van der Waals surface area contributed by atoms with Crippen molar-refractivity contribution in [2.24, 2.45) is 0 Å². The van der Waals surface area contributed by atoms with Gasteiger partial charge in [-0.25, -0.2) is 14.5 Å². The summed E-state index contributed by atoms with van der Waals surface area (Å²) in [6.07, 6.45) is 2.81. The van der Waals surface area contributed by atoms with Gasteiger partial charge in [-0.3, -0.25) is 9.72 Å². The van der Waals surface area contributed by atoms with E-state index in [2.05, 4.69) is 25.3 Å². The van der Waals surface area contributed by atoms with Gasteiger partial charge in [-0.2, -0.15) is 23.4 Å². The highest BCUT2D eigenvalue weighted by atomic mass is 35.5. The van der Waals surface area contributed by atoms with Crippen molar-refractivity contribution in [3.63, 3.8) is 0 Å². The first kappa shape index (κ1) is 18.6. The lowest BCUT2D eigenvalue weighted by molar-refractivity contribution is 0.256. The summed E-state index contributed by atoms with van der Waals surface area (Å²) in [6.45, 7) is 0. The minimum absolute atomic E-state index is 0.0594. The third-order valence-corrected chi connectivity index (χ3v) is 4.85. The Labute approximate surface area is 157 Å². The summed E-state index contributed by atoms with van der Waals surface area (Å²) >= 11 is 5.89. The van der Waals surface area contributed by atoms with Gasteiger partial charge in [0.1, 0.15) is 0 Å². The molecule has 0 spiro atoms. The summed E-state index contributed by atoms with van der Waals surface area (Å²) in [5.41, 5.74) is 0. The topological polar surface area (TPSA) is 150 Å². The summed E-state index contributed by atoms with van der Waals surface area (Å²) in [4.78, 5) is 27.6. The number of rotatable bonds is 5. The molecule has 3 aromatic rings. The number of aromatic nitrogens is 5. The molecular formula is C13H12ClN7O5S. The van der Waals surface area contributed by atoms with Gasteiger partial charge in [0.15, 0.2) is 5.15 Å². The second-order valence-corrected chi connectivity index (χ2v) is 6.79. The number of hydrogen-bond donors (Lipinski definition) is 2. The molecule has 0 fully saturated rings. The highest BCUT2D eigenvalue weighted by molar-refractivity contribution is 7.90. The maximum atomic E-state index is 12.5. The fourth-order valence-corrected chi connectivity index (χ4v) is 3.58. The van der Waals surface area contributed by atoms with Crippen LogP contribution in [0.5, 0.6) is 11.8 Å². The number of nitrogens with zero attached hydrogens (tertiary/aromatic N) is 5. The normalized spacial score (nSPS) is 11.2. The number of carbonyl (C=O) groups excluding carboxylic acids is 1. The predicted molar refractivity (Wildman–Crippen MR) is 92.5 cm³/mol. The molecule has 3 aromatic heterocycles. The Balaban J connectivity index is 1.86. The zero-order valence-electron chi connectivity index (χ0n) is 13.9. The number of nitrogens with one attached hydrogen (secondary N) is 2. The van der Waals surface area contributed by atoms with Crippen molar-refractivity contribution in [1.82, 2.24) is 29.1 Å². The molecule has 0 aliphatic heterocycles. The molecule has 142 valence electrons. The highest BCUT2D eigenvalue weighted by Crippen LogP contribution is 2.21. The van der Waals surface area contributed by atoms with Crippen LogP contribution in [0.25, 0.3) is 5.78 Å². The summed E-state index contributed by atoms with van der Waals surface area (Å²) in [5, 5.41) is 1.40. The number of ether oxygens (including phenoxy) is 2. The van der Waals surface area contributed by atoms with Gasteiger partial charge in [-0.05, 0) is 6.07 Å². The van der Waals surface area contributed by atoms with Crippen molar-refractivity contribution in [3.8, 4) is 11.8 Å². The Morgan fingerprint density at radius 3 is 2.48 bits per heavy atom. The maximum absolute atomic E-state index is 12.5. The number of halogens is 1. The Morgan fingerprint density at radius 1 is 1.19 bits per heavy atom. The highest BCUT2D eigenvalue weighted by Gasteiger charge is 2.27. The zero-order chi connectivity index (χ0) is 19.6. The maximum Gasteiger partial charge on any atom is 0.335 e. The van der Waals surface area contributed by atoms with E-state index in [1.54, 1.807) is 4.72 Å². The molecule has 2 N–H and O–H groups in total. The van der Waals surface area contributed by atoms with Gasteiger partial charge >= 0.3 is 6.03 Å². The molecule has 0 saturated carbocycles. The lowest BCUT2D eigenvalue weighted by atomic mass is 10.6. The van der Waals surface area contributed by atoms with Crippen LogP contribution in [0.15, 0.2) is 29.6 Å². The number of anilines is 1. The molecule has 12 nitrogen and oxygen atoms in total. The Kier molecular flexibility index (Phi) is 4.96. The van der Waals surface area contributed by atoms with Gasteiger partial charge < -0.3 is 9.47 Å². The first-order valence-corrected chi connectivity index (χ1v) is 8.99. The summed E-state index contributed by atoms with van der Waals surface area (Å²) in [5.74, 6) is 0.0424. The zero-order valence-corrected chi connectivity index (χ0v) is 15.4. The quantitative estimate of drug-likeness (QED) is 0.615. The first-order chi connectivity index (χ1) is 12.8. The van der Waals surface area contributed by atoms with Crippen molar-refractivity contribution in [3.05, 3.63) is 29.7 Å². The van der Waals surface area contributed by atoms with E-state index >= 15 is 0 Å². The van der Waals surface area contributed by atoms with Gasteiger partial charge in [-0.1, -0.05) is 11.6 Å². The van der Waals surface area contributed by atoms with Crippen molar-refractivity contribution in [2.45, 2.75) is 5.03 Å². The van der Waals surface area contributed by atoms with Crippen LogP contribution >= 0.6 is 11.6 Å². The van der Waals surface area contributed by atoms with Crippen molar-refractivity contribution in [1.29, 1.82) is 0 Å². The lowest BCUT2D eigenvalue weighted by Crippen LogP contribution is -2.35. The SMILES string of the molecule is COc1cc(OC)nc(NC(=O)NS(=O)(=O)c2c(Cl)nc3ncccn23)n1. The van der Waals surface area contributed by atoms with E-state index in [4.69, 9.17) is 21.1 Å². The van der Waals surface area contributed by atoms with E-state index in [-0.39, 0.29) is 28.6 Å². The number of carbonyl (C=O) groups is 1. The molecule has 0 aliphatic carbocycles. The van der Waals surface area contributed by atoms with Gasteiger partial charge in [0.05, 0.1) is 20.3 Å². The van der Waals surface area contributed by atoms with Crippen LogP contribution < -0.4 is 19.5 Å². The summed E-state index contributed by atoms with van der Waals surface area (Å²) in [7, 11) is -1.66. The van der Waals surface area contributed by atoms with Gasteiger partial charge in [-0.15, -0.1) is 0 Å². The van der Waals surface area contributed by atoms with E-state index in [9.17, 15) is 13.2 Å². The number of imidazole rings is 1. The van der Waals surface area contributed by atoms with Crippen LogP contribution in [0, 0.1) is 0 Å². The van der Waals surface area contributed by atoms with Gasteiger partial charge in [0, 0.05) is 12.4 Å². The average molecular weight is 414 g/mol. The molecule has 0 aliphatic rings. The average Bonchev–Trinajstić information content (AvgIpc) is 2.97. The molecule has 0 saturated heterocycles. The molecule has 0 bridgehead atoms. The summed E-state index contributed by atoms with van der Waals surface area (Å²) < 4.78 is 37.9. The Morgan fingerprint density at radius 2 is 1.85 bits per heavy atom. The van der Waals surface area contributed by atoms with E-state index in [0.29, 0.717) is 0 Å². The van der Waals surface area contributed by atoms with E-state index in [0.717, 1.165) is 4.40 Å². The standard InChI is InChI=1S/C13H12ClN7O5S/c1-25-7-6-8(26-2)17-11(16-7)19-13(22)20-27(23,24)10-9(14)18-12-15-4-3-5-21(10)12/h3-6H,1-2H3,(H2,16,17,19,20,22). The number of amides is 2. The molecule has 14 heteroatoms. The van der Waals surface area contributed by atoms with Crippen LogP contribution in [-0.2, 0) is 10.0 Å². The van der Waals surface area contributed by atoms with Crippen molar-refractivity contribution in [2.75, 3.05) is 19.5 Å². The Bertz CT molecular complexity index is 1100. The van der Waals surface area contributed by atoms with Crippen molar-refractivity contribution < 1.29 is 22.7 Å². The van der Waals surface area contributed by atoms with Crippen LogP contribution in [0.2, 0.25) is 5.15 Å². The minimum Gasteiger partial charge on any atom is -0.481 e. The molecule has 0 radical (unpaired) electrons. The number of methoxy groups -OCH3 is 2. The fourth-order valence-electron chi connectivity index (χ4n) is 2.05. The largest absolute Gasteiger partial charge is 0.481 e. The lowest BCUT2D eigenvalue weighted by Gasteiger charge is -2.09. The minimum atomic E-state index is -4.38. The van der Waals surface area contributed by atoms with Crippen LogP contribution in [0.1, 0.15) is 0 Å². The van der Waals surface area contributed by atoms with Crippen LogP contribution in [-0.4, -0.2) is 53.0 Å². The third-order valence-electron chi connectivity index (χ3n) is 3.12. The number of hydrogen-bond acceptors (Lipinski definition) is 9.